The van der Waals surface area contributed by atoms with Crippen molar-refractivity contribution < 1.29 is 4.79 Å². The molecule has 2 aliphatic rings. The average molecular weight is 375 g/mol. The lowest BCUT2D eigenvalue weighted by molar-refractivity contribution is -0.117. The van der Waals surface area contributed by atoms with E-state index in [4.69, 9.17) is 0 Å². The third-order valence-electron chi connectivity index (χ3n) is 5.44. The summed E-state index contributed by atoms with van der Waals surface area (Å²) in [5, 5.41) is 17.5. The normalized spacial score (nSPS) is 21.9. The van der Waals surface area contributed by atoms with Crippen molar-refractivity contribution in [2.75, 3.05) is 18.4 Å². The van der Waals surface area contributed by atoms with E-state index in [-0.39, 0.29) is 5.91 Å². The molecule has 0 spiro atoms. The van der Waals surface area contributed by atoms with Gasteiger partial charge >= 0.3 is 0 Å². The maximum atomic E-state index is 12.5. The lowest BCUT2D eigenvalue weighted by atomic mass is 9.90. The molecule has 1 saturated heterocycles. The molecule has 3 heterocycles. The summed E-state index contributed by atoms with van der Waals surface area (Å²) in [5.74, 6) is 0.535. The van der Waals surface area contributed by atoms with E-state index in [0.717, 1.165) is 30.9 Å². The number of likely N-dealkylation sites (tertiary alicyclic amines) is 1. The molecular formula is C18H26N6OS. The molecule has 8 heteroatoms. The summed E-state index contributed by atoms with van der Waals surface area (Å²) in [4.78, 5) is 14.7. The van der Waals surface area contributed by atoms with Crippen LogP contribution in [-0.2, 0) is 11.3 Å². The Morgan fingerprint density at radius 1 is 1.19 bits per heavy atom. The van der Waals surface area contributed by atoms with Crippen molar-refractivity contribution in [1.29, 1.82) is 0 Å². The molecule has 26 heavy (non-hydrogen) atoms. The third kappa shape index (κ3) is 4.29. The monoisotopic (exact) mass is 374 g/mol. The highest BCUT2D eigenvalue weighted by Crippen LogP contribution is 2.35. The van der Waals surface area contributed by atoms with Gasteiger partial charge in [0.05, 0.1) is 13.1 Å². The van der Waals surface area contributed by atoms with Crippen molar-refractivity contribution in [2.24, 2.45) is 0 Å². The average Bonchev–Trinajstić information content (AvgIpc) is 3.40. The topological polar surface area (TPSA) is 75.9 Å². The molecule has 1 saturated carbocycles. The summed E-state index contributed by atoms with van der Waals surface area (Å²) in [7, 11) is 0. The minimum Gasteiger partial charge on any atom is -0.299 e. The van der Waals surface area contributed by atoms with Gasteiger partial charge < -0.3 is 0 Å². The van der Waals surface area contributed by atoms with Gasteiger partial charge in [0.25, 0.3) is 0 Å². The minimum atomic E-state index is 0.00343. The van der Waals surface area contributed by atoms with Gasteiger partial charge in [-0.3, -0.25) is 19.7 Å². The highest BCUT2D eigenvalue weighted by molar-refractivity contribution is 7.15. The van der Waals surface area contributed by atoms with E-state index in [9.17, 15) is 4.79 Å². The smallest absolute Gasteiger partial charge is 0.240 e. The van der Waals surface area contributed by atoms with Crippen molar-refractivity contribution in [3.8, 4) is 0 Å². The van der Waals surface area contributed by atoms with Crippen molar-refractivity contribution >= 4 is 22.4 Å². The molecule has 2 aromatic heterocycles. The molecule has 0 aromatic carbocycles. The molecule has 2 fully saturated rings. The fourth-order valence-electron chi connectivity index (χ4n) is 4.08. The van der Waals surface area contributed by atoms with Gasteiger partial charge in [0.2, 0.25) is 11.0 Å². The van der Waals surface area contributed by atoms with Crippen LogP contribution in [-0.4, -0.2) is 49.9 Å². The second-order valence-electron chi connectivity index (χ2n) is 7.32. The number of carbonyl (C=O) groups excluding carboxylic acids is 1. The molecule has 0 radical (unpaired) electrons. The van der Waals surface area contributed by atoms with E-state index >= 15 is 0 Å². The summed E-state index contributed by atoms with van der Waals surface area (Å²) in [6.45, 7) is 2.21. The first-order valence-electron chi connectivity index (χ1n) is 9.62. The maximum absolute atomic E-state index is 12.5. The fraction of sp³-hybridized carbons (Fsp3) is 0.667. The van der Waals surface area contributed by atoms with E-state index in [1.165, 1.54) is 32.1 Å². The molecule has 1 N–H and O–H groups in total. The predicted molar refractivity (Wildman–Crippen MR) is 101 cm³/mol. The van der Waals surface area contributed by atoms with Gasteiger partial charge in [-0.05, 0) is 38.3 Å². The Bertz CT molecular complexity index is 709. The Morgan fingerprint density at radius 2 is 2.08 bits per heavy atom. The number of nitrogens with one attached hydrogen (secondary N) is 1. The zero-order chi connectivity index (χ0) is 17.8. The van der Waals surface area contributed by atoms with Crippen molar-refractivity contribution in [1.82, 2.24) is 24.9 Å². The van der Waals surface area contributed by atoms with Gasteiger partial charge in [-0.2, -0.15) is 5.10 Å². The van der Waals surface area contributed by atoms with Crippen LogP contribution in [0.15, 0.2) is 18.5 Å². The number of amides is 1. The fourth-order valence-corrected chi connectivity index (χ4v) is 5.01. The van der Waals surface area contributed by atoms with Crippen LogP contribution in [0.25, 0.3) is 0 Å². The number of nitrogens with zero attached hydrogens (tertiary/aromatic N) is 5. The molecule has 7 nitrogen and oxygen atoms in total. The van der Waals surface area contributed by atoms with Crippen LogP contribution in [0, 0.1) is 0 Å². The number of carbonyl (C=O) groups is 1. The summed E-state index contributed by atoms with van der Waals surface area (Å²) < 4.78 is 1.95. The first-order valence-corrected chi connectivity index (χ1v) is 10.4. The van der Waals surface area contributed by atoms with Crippen LogP contribution in [0.3, 0.4) is 0 Å². The van der Waals surface area contributed by atoms with Crippen molar-refractivity contribution in [3.05, 3.63) is 23.5 Å². The number of hydrogen-bond acceptors (Lipinski definition) is 6. The van der Waals surface area contributed by atoms with Crippen LogP contribution in [0.4, 0.5) is 5.13 Å². The Labute approximate surface area is 157 Å². The van der Waals surface area contributed by atoms with E-state index in [1.54, 1.807) is 17.5 Å². The largest absolute Gasteiger partial charge is 0.299 e. The zero-order valence-corrected chi connectivity index (χ0v) is 15.8. The highest BCUT2D eigenvalue weighted by Gasteiger charge is 2.27. The first kappa shape index (κ1) is 17.6. The Kier molecular flexibility index (Phi) is 5.59. The number of rotatable bonds is 6. The van der Waals surface area contributed by atoms with E-state index in [0.29, 0.717) is 23.6 Å². The van der Waals surface area contributed by atoms with Gasteiger partial charge in [-0.25, -0.2) is 0 Å². The summed E-state index contributed by atoms with van der Waals surface area (Å²) >= 11 is 1.54. The number of anilines is 1. The van der Waals surface area contributed by atoms with Crippen LogP contribution in [0.1, 0.15) is 55.9 Å². The molecule has 2 aromatic rings. The van der Waals surface area contributed by atoms with E-state index in [2.05, 4.69) is 25.5 Å². The van der Waals surface area contributed by atoms with Crippen LogP contribution >= 0.6 is 11.3 Å². The van der Waals surface area contributed by atoms with Gasteiger partial charge in [0, 0.05) is 24.4 Å². The Morgan fingerprint density at radius 3 is 2.88 bits per heavy atom. The second kappa shape index (κ2) is 8.26. The lowest BCUT2D eigenvalue weighted by Gasteiger charge is -2.23. The SMILES string of the molecule is O=C(CN1CCCC1Cn1cccn1)Nc1nnc(C2CCCCC2)s1. The van der Waals surface area contributed by atoms with Crippen LogP contribution < -0.4 is 5.32 Å². The first-order chi connectivity index (χ1) is 12.8. The van der Waals surface area contributed by atoms with Gasteiger partial charge in [-0.1, -0.05) is 30.6 Å². The lowest BCUT2D eigenvalue weighted by Crippen LogP contribution is -2.39. The van der Waals surface area contributed by atoms with Crippen LogP contribution in [0.2, 0.25) is 0 Å². The molecule has 0 bridgehead atoms. The molecule has 1 aliphatic carbocycles. The maximum Gasteiger partial charge on any atom is 0.240 e. The zero-order valence-electron chi connectivity index (χ0n) is 15.0. The summed E-state index contributed by atoms with van der Waals surface area (Å²) in [6, 6.07) is 2.30. The molecule has 140 valence electrons. The molecule has 1 atom stereocenters. The predicted octanol–water partition coefficient (Wildman–Crippen LogP) is 2.89. The van der Waals surface area contributed by atoms with E-state index in [1.807, 2.05) is 16.9 Å². The molecule has 1 aliphatic heterocycles. The van der Waals surface area contributed by atoms with Gasteiger partial charge in [-0.15, -0.1) is 10.2 Å². The van der Waals surface area contributed by atoms with Crippen LogP contribution in [0.5, 0.6) is 0 Å². The standard InChI is InChI=1S/C18H26N6OS/c25-16(13-23-10-4-8-15(23)12-24-11-5-9-19-24)20-18-22-21-17(26-18)14-6-2-1-3-7-14/h5,9,11,14-15H,1-4,6-8,10,12-13H2,(H,20,22,25). The Hall–Kier alpha value is -1.80. The van der Waals surface area contributed by atoms with Gasteiger partial charge in [0.1, 0.15) is 5.01 Å². The molecule has 1 unspecified atom stereocenters. The summed E-state index contributed by atoms with van der Waals surface area (Å²) in [6.07, 6.45) is 12.3. The quantitative estimate of drug-likeness (QED) is 0.841. The number of hydrogen-bond donors (Lipinski definition) is 1. The van der Waals surface area contributed by atoms with Crippen molar-refractivity contribution in [3.63, 3.8) is 0 Å². The second-order valence-corrected chi connectivity index (χ2v) is 8.33. The van der Waals surface area contributed by atoms with E-state index < -0.39 is 0 Å². The highest BCUT2D eigenvalue weighted by atomic mass is 32.1. The number of aromatic nitrogens is 4. The summed E-state index contributed by atoms with van der Waals surface area (Å²) in [5.41, 5.74) is 0. The van der Waals surface area contributed by atoms with Crippen molar-refractivity contribution in [2.45, 2.75) is 63.5 Å². The molecular weight excluding hydrogens is 348 g/mol. The molecule has 4 rings (SSSR count). The minimum absolute atomic E-state index is 0.00343. The Balaban J connectivity index is 1.30. The molecule has 1 amide bonds. The third-order valence-corrected chi connectivity index (χ3v) is 6.45. The van der Waals surface area contributed by atoms with Gasteiger partial charge in [0.15, 0.2) is 0 Å².